The van der Waals surface area contributed by atoms with Crippen LogP contribution in [0.1, 0.15) is 24.5 Å². The van der Waals surface area contributed by atoms with Crippen LogP contribution >= 0.6 is 24.0 Å². The van der Waals surface area contributed by atoms with Gasteiger partial charge in [-0.05, 0) is 31.0 Å². The van der Waals surface area contributed by atoms with Crippen molar-refractivity contribution in [1.29, 1.82) is 5.26 Å². The summed E-state index contributed by atoms with van der Waals surface area (Å²) in [6.45, 7) is 2.93. The third kappa shape index (κ3) is 7.78. The molecule has 9 heteroatoms. The number of likely N-dealkylation sites (tertiary alicyclic amines) is 1. The van der Waals surface area contributed by atoms with E-state index in [0.717, 1.165) is 5.56 Å². The topological polar surface area (TPSA) is 63.5 Å². The summed E-state index contributed by atoms with van der Waals surface area (Å²) in [5, 5.41) is 15.1. The number of guanidine groups is 1. The van der Waals surface area contributed by atoms with Gasteiger partial charge in [0.25, 0.3) is 0 Å². The van der Waals surface area contributed by atoms with E-state index in [9.17, 15) is 13.2 Å². The molecule has 1 atom stereocenters. The zero-order valence-corrected chi connectivity index (χ0v) is 16.8. The summed E-state index contributed by atoms with van der Waals surface area (Å²) in [6, 6.07) is 9.15. The van der Waals surface area contributed by atoms with E-state index in [2.05, 4.69) is 21.7 Å². The van der Waals surface area contributed by atoms with Gasteiger partial charge in [-0.2, -0.15) is 18.4 Å². The normalized spacial score (nSPS) is 18.1. The highest BCUT2D eigenvalue weighted by atomic mass is 127. The average molecular weight is 481 g/mol. The summed E-state index contributed by atoms with van der Waals surface area (Å²) in [5.74, 6) is 0.589. The van der Waals surface area contributed by atoms with Crippen LogP contribution < -0.4 is 10.6 Å². The minimum Gasteiger partial charge on any atom is -0.357 e. The second kappa shape index (κ2) is 10.6. The second-order valence-electron chi connectivity index (χ2n) is 5.98. The summed E-state index contributed by atoms with van der Waals surface area (Å²) in [5.41, 5.74) is 1.55. The zero-order valence-electron chi connectivity index (χ0n) is 14.5. The van der Waals surface area contributed by atoms with Gasteiger partial charge in [-0.1, -0.05) is 12.1 Å². The second-order valence-corrected chi connectivity index (χ2v) is 5.98. The van der Waals surface area contributed by atoms with Crippen molar-refractivity contribution in [3.63, 3.8) is 0 Å². The van der Waals surface area contributed by atoms with E-state index in [4.69, 9.17) is 5.26 Å². The van der Waals surface area contributed by atoms with Crippen LogP contribution in [0.25, 0.3) is 0 Å². The maximum absolute atomic E-state index is 12.5. The molecule has 0 aliphatic carbocycles. The molecule has 1 unspecified atom stereocenters. The van der Waals surface area contributed by atoms with E-state index in [1.165, 1.54) is 4.90 Å². The number of nitrogens with one attached hydrogen (secondary N) is 2. The third-order valence-corrected chi connectivity index (χ3v) is 3.86. The Kier molecular flexibility index (Phi) is 9.15. The molecule has 1 heterocycles. The molecule has 1 fully saturated rings. The Bertz CT molecular complexity index is 625. The molecule has 1 aromatic carbocycles. The number of aliphatic imine (C=N–C) groups is 1. The molecule has 1 aliphatic rings. The number of alkyl halides is 3. The first-order chi connectivity index (χ1) is 11.9. The van der Waals surface area contributed by atoms with Crippen molar-refractivity contribution in [3.8, 4) is 6.07 Å². The lowest BCUT2D eigenvalue weighted by Gasteiger charge is -2.19. The van der Waals surface area contributed by atoms with Crippen molar-refractivity contribution in [1.82, 2.24) is 15.5 Å². The number of benzene rings is 1. The average Bonchev–Trinajstić information content (AvgIpc) is 2.98. The number of nitrogens with zero attached hydrogens (tertiary/aromatic N) is 3. The fourth-order valence-electron chi connectivity index (χ4n) is 2.72. The lowest BCUT2D eigenvalue weighted by molar-refractivity contribution is -0.143. The van der Waals surface area contributed by atoms with Crippen LogP contribution in [0.15, 0.2) is 29.3 Å². The quantitative estimate of drug-likeness (QED) is 0.386. The van der Waals surface area contributed by atoms with Crippen LogP contribution in [-0.4, -0.2) is 49.3 Å². The largest absolute Gasteiger partial charge is 0.401 e. The first-order valence-corrected chi connectivity index (χ1v) is 8.22. The predicted molar refractivity (Wildman–Crippen MR) is 105 cm³/mol. The number of rotatable bonds is 5. The van der Waals surface area contributed by atoms with Gasteiger partial charge < -0.3 is 10.6 Å². The van der Waals surface area contributed by atoms with Crippen molar-refractivity contribution in [2.45, 2.75) is 32.1 Å². The van der Waals surface area contributed by atoms with Crippen molar-refractivity contribution in [3.05, 3.63) is 35.4 Å². The number of halogens is 4. The number of hydrogen-bond donors (Lipinski definition) is 2. The standard InChI is InChI=1S/C17H22F3N5.HI/c1-2-22-16(23-10-14-5-3-13(9-21)4-6-14)24-15-7-8-25(11-15)12-17(18,19)20;/h3-6,15H,2,7-8,10-12H2,1H3,(H2,22,23,24);1H. The van der Waals surface area contributed by atoms with E-state index in [0.29, 0.717) is 44.1 Å². The Morgan fingerprint density at radius 1 is 1.35 bits per heavy atom. The fourth-order valence-corrected chi connectivity index (χ4v) is 2.72. The minimum absolute atomic E-state index is 0. The molecule has 1 aromatic rings. The van der Waals surface area contributed by atoms with Crippen molar-refractivity contribution >= 4 is 29.9 Å². The Balaban J connectivity index is 0.00000338. The molecule has 26 heavy (non-hydrogen) atoms. The SMILES string of the molecule is CCNC(=NCc1ccc(C#N)cc1)NC1CCN(CC(F)(F)F)C1.I. The molecule has 1 saturated heterocycles. The lowest BCUT2D eigenvalue weighted by atomic mass is 10.1. The molecule has 0 radical (unpaired) electrons. The highest BCUT2D eigenvalue weighted by Crippen LogP contribution is 2.19. The van der Waals surface area contributed by atoms with Gasteiger partial charge in [0.2, 0.25) is 0 Å². The molecule has 5 nitrogen and oxygen atoms in total. The molecule has 2 N–H and O–H groups in total. The van der Waals surface area contributed by atoms with E-state index < -0.39 is 12.7 Å². The Hall–Kier alpha value is -1.54. The van der Waals surface area contributed by atoms with Gasteiger partial charge in [-0.3, -0.25) is 4.90 Å². The van der Waals surface area contributed by atoms with Gasteiger partial charge in [0.15, 0.2) is 5.96 Å². The van der Waals surface area contributed by atoms with E-state index in [1.807, 2.05) is 19.1 Å². The van der Waals surface area contributed by atoms with Crippen LogP contribution in [0.3, 0.4) is 0 Å². The van der Waals surface area contributed by atoms with Crippen molar-refractivity contribution < 1.29 is 13.2 Å². The van der Waals surface area contributed by atoms with Gasteiger partial charge in [0.05, 0.1) is 24.7 Å². The summed E-state index contributed by atoms with van der Waals surface area (Å²) in [4.78, 5) is 5.88. The van der Waals surface area contributed by atoms with Crippen LogP contribution in [0, 0.1) is 11.3 Å². The van der Waals surface area contributed by atoms with E-state index in [1.54, 1.807) is 12.1 Å². The highest BCUT2D eigenvalue weighted by Gasteiger charge is 2.34. The highest BCUT2D eigenvalue weighted by molar-refractivity contribution is 14.0. The van der Waals surface area contributed by atoms with Crippen molar-refractivity contribution in [2.75, 3.05) is 26.2 Å². The summed E-state index contributed by atoms with van der Waals surface area (Å²) in [7, 11) is 0. The summed E-state index contributed by atoms with van der Waals surface area (Å²) >= 11 is 0. The maximum atomic E-state index is 12.5. The molecular weight excluding hydrogens is 458 g/mol. The molecule has 0 saturated carbocycles. The molecule has 0 spiro atoms. The van der Waals surface area contributed by atoms with E-state index in [-0.39, 0.29) is 30.0 Å². The molecule has 0 bridgehead atoms. The Morgan fingerprint density at radius 2 is 2.04 bits per heavy atom. The summed E-state index contributed by atoms with van der Waals surface area (Å²) in [6.07, 6.45) is -3.51. The van der Waals surface area contributed by atoms with Gasteiger partial charge in [-0.15, -0.1) is 24.0 Å². The first kappa shape index (κ1) is 22.5. The van der Waals surface area contributed by atoms with Crippen LogP contribution in [-0.2, 0) is 6.54 Å². The van der Waals surface area contributed by atoms with E-state index >= 15 is 0 Å². The predicted octanol–water partition coefficient (Wildman–Crippen LogP) is 2.87. The van der Waals surface area contributed by atoms with Gasteiger partial charge in [0.1, 0.15) is 0 Å². The number of hydrogen-bond acceptors (Lipinski definition) is 3. The third-order valence-electron chi connectivity index (χ3n) is 3.86. The Morgan fingerprint density at radius 3 is 2.62 bits per heavy atom. The van der Waals surface area contributed by atoms with Gasteiger partial charge in [0, 0.05) is 25.7 Å². The van der Waals surface area contributed by atoms with Crippen LogP contribution in [0.5, 0.6) is 0 Å². The van der Waals surface area contributed by atoms with Gasteiger partial charge >= 0.3 is 6.18 Å². The molecular formula is C17H23F3IN5. The number of nitriles is 1. The summed E-state index contributed by atoms with van der Waals surface area (Å²) < 4.78 is 37.4. The molecule has 0 amide bonds. The molecule has 144 valence electrons. The molecule has 2 rings (SSSR count). The maximum Gasteiger partial charge on any atom is 0.401 e. The lowest BCUT2D eigenvalue weighted by Crippen LogP contribution is -2.45. The van der Waals surface area contributed by atoms with Gasteiger partial charge in [-0.25, -0.2) is 4.99 Å². The molecule has 1 aliphatic heterocycles. The van der Waals surface area contributed by atoms with Crippen molar-refractivity contribution in [2.24, 2.45) is 4.99 Å². The fraction of sp³-hybridized carbons (Fsp3) is 0.529. The zero-order chi connectivity index (χ0) is 18.3. The molecule has 0 aromatic heterocycles. The van der Waals surface area contributed by atoms with Crippen LogP contribution in [0.4, 0.5) is 13.2 Å². The first-order valence-electron chi connectivity index (χ1n) is 8.22. The van der Waals surface area contributed by atoms with Crippen LogP contribution in [0.2, 0.25) is 0 Å². The Labute approximate surface area is 168 Å². The minimum atomic E-state index is -4.16. The smallest absolute Gasteiger partial charge is 0.357 e. The monoisotopic (exact) mass is 481 g/mol.